The van der Waals surface area contributed by atoms with Crippen molar-refractivity contribution < 1.29 is 4.79 Å². The maximum absolute atomic E-state index is 13.0. The van der Waals surface area contributed by atoms with Gasteiger partial charge in [0.25, 0.3) is 0 Å². The monoisotopic (exact) mass is 414 g/mol. The highest BCUT2D eigenvalue weighted by molar-refractivity contribution is 5.85. The van der Waals surface area contributed by atoms with Crippen LogP contribution in [0, 0.1) is 17.8 Å². The number of carbonyl (C=O) groups excluding carboxylic acids is 1. The van der Waals surface area contributed by atoms with Gasteiger partial charge in [-0.1, -0.05) is 43.2 Å². The summed E-state index contributed by atoms with van der Waals surface area (Å²) in [6.45, 7) is 3.48. The number of rotatable bonds is 4. The molecule has 2 heterocycles. The summed E-state index contributed by atoms with van der Waals surface area (Å²) in [5, 5.41) is 0. The molecule has 3 unspecified atom stereocenters. The second-order valence-corrected chi connectivity index (χ2v) is 8.71. The molecule has 5 nitrogen and oxygen atoms in total. The zero-order valence-electron chi connectivity index (χ0n) is 17.1. The summed E-state index contributed by atoms with van der Waals surface area (Å²) >= 11 is 0. The molecule has 6 heteroatoms. The topological polar surface area (TPSA) is 41.4 Å². The smallest absolute Gasteiger partial charge is 0.226 e. The van der Waals surface area contributed by atoms with Gasteiger partial charge in [0.05, 0.1) is 6.04 Å². The van der Waals surface area contributed by atoms with E-state index in [4.69, 9.17) is 0 Å². The number of halogens is 1. The number of hydrogen-bond donors (Lipinski definition) is 0. The number of aromatic nitrogens is 2. The van der Waals surface area contributed by atoms with E-state index in [1.54, 1.807) is 0 Å². The summed E-state index contributed by atoms with van der Waals surface area (Å²) in [7, 11) is 2.06. The van der Waals surface area contributed by atoms with Crippen LogP contribution in [0.3, 0.4) is 0 Å². The second kappa shape index (κ2) is 8.49. The van der Waals surface area contributed by atoms with Gasteiger partial charge in [-0.25, -0.2) is 4.98 Å². The molecule has 3 atom stereocenters. The van der Waals surface area contributed by atoms with Crippen LogP contribution >= 0.6 is 12.4 Å². The number of aryl methyl sites for hydroxylation is 1. The maximum Gasteiger partial charge on any atom is 0.226 e. The second-order valence-electron chi connectivity index (χ2n) is 8.71. The predicted molar refractivity (Wildman–Crippen MR) is 116 cm³/mol. The minimum atomic E-state index is 0. The van der Waals surface area contributed by atoms with Gasteiger partial charge in [0.15, 0.2) is 0 Å². The van der Waals surface area contributed by atoms with E-state index in [2.05, 4.69) is 56.7 Å². The molecule has 1 amide bonds. The zero-order valence-corrected chi connectivity index (χ0v) is 17.9. The van der Waals surface area contributed by atoms with Gasteiger partial charge in [0.2, 0.25) is 5.91 Å². The molecule has 0 N–H and O–H groups in total. The highest BCUT2D eigenvalue weighted by Gasteiger charge is 2.55. The molecule has 2 aromatic rings. The van der Waals surface area contributed by atoms with Crippen molar-refractivity contribution in [1.82, 2.24) is 19.4 Å². The Hall–Kier alpha value is -1.85. The van der Waals surface area contributed by atoms with E-state index < -0.39 is 0 Å². The van der Waals surface area contributed by atoms with Gasteiger partial charge in [-0.05, 0) is 30.2 Å². The molecule has 3 aliphatic rings. The molecule has 0 spiro atoms. The third-order valence-corrected chi connectivity index (χ3v) is 7.15. The molecule has 1 saturated heterocycles. The van der Waals surface area contributed by atoms with Crippen molar-refractivity contribution in [3.05, 3.63) is 54.1 Å². The molecule has 1 aromatic carbocycles. The van der Waals surface area contributed by atoms with E-state index in [0.29, 0.717) is 23.7 Å². The van der Waals surface area contributed by atoms with E-state index in [1.165, 1.54) is 31.2 Å². The van der Waals surface area contributed by atoms with Crippen LogP contribution in [0.2, 0.25) is 0 Å². The summed E-state index contributed by atoms with van der Waals surface area (Å²) in [6, 6.07) is 10.8. The van der Waals surface area contributed by atoms with Crippen molar-refractivity contribution in [3.63, 3.8) is 0 Å². The van der Waals surface area contributed by atoms with Crippen molar-refractivity contribution in [3.8, 4) is 0 Å². The third kappa shape index (κ3) is 3.82. The molecule has 0 radical (unpaired) electrons. The third-order valence-electron chi connectivity index (χ3n) is 7.15. The molecule has 2 saturated carbocycles. The summed E-state index contributed by atoms with van der Waals surface area (Å²) in [5.74, 6) is 3.24. The average Bonchev–Trinajstić information content (AvgIpc) is 3.34. The van der Waals surface area contributed by atoms with Crippen LogP contribution < -0.4 is 0 Å². The first kappa shape index (κ1) is 20.4. The number of carbonyl (C=O) groups is 1. The number of imidazole rings is 1. The van der Waals surface area contributed by atoms with Gasteiger partial charge in [-0.3, -0.25) is 9.69 Å². The lowest BCUT2D eigenvalue weighted by atomic mass is 10.0. The van der Waals surface area contributed by atoms with Crippen molar-refractivity contribution in [1.29, 1.82) is 0 Å². The van der Waals surface area contributed by atoms with Crippen LogP contribution in [0.15, 0.2) is 42.7 Å². The fourth-order valence-electron chi connectivity index (χ4n) is 5.57. The minimum absolute atomic E-state index is 0. The zero-order chi connectivity index (χ0) is 19.1. The highest BCUT2D eigenvalue weighted by atomic mass is 35.5. The molecule has 3 fully saturated rings. The summed E-state index contributed by atoms with van der Waals surface area (Å²) < 4.78 is 2.12. The lowest BCUT2D eigenvalue weighted by Crippen LogP contribution is -2.50. The molecule has 5 rings (SSSR count). The standard InChI is InChI=1S/C23H30N4O.ClH/c1-25-12-11-24-22(25)21(17-7-3-2-4-8-17)26-13-15-27(16-14-26)23(28)20-18-9-5-6-10-19(18)20;/h2-4,7-8,11-12,18-21H,5-6,9-10,13-16H2,1H3;1H. The Morgan fingerprint density at radius 3 is 2.28 bits per heavy atom. The van der Waals surface area contributed by atoms with Crippen LogP contribution in [0.1, 0.15) is 43.1 Å². The first-order chi connectivity index (χ1) is 13.7. The summed E-state index contributed by atoms with van der Waals surface area (Å²) in [4.78, 5) is 22.3. The normalized spacial score (nSPS) is 27.6. The first-order valence-corrected chi connectivity index (χ1v) is 10.8. The number of piperazine rings is 1. The Kier molecular flexibility index (Phi) is 5.98. The lowest BCUT2D eigenvalue weighted by molar-refractivity contribution is -0.135. The summed E-state index contributed by atoms with van der Waals surface area (Å²) in [5.41, 5.74) is 1.27. The van der Waals surface area contributed by atoms with Crippen LogP contribution in [-0.4, -0.2) is 51.4 Å². The molecule has 1 aromatic heterocycles. The van der Waals surface area contributed by atoms with Crippen LogP contribution in [0.25, 0.3) is 0 Å². The van der Waals surface area contributed by atoms with Crippen molar-refractivity contribution in [2.24, 2.45) is 24.8 Å². The van der Waals surface area contributed by atoms with Crippen molar-refractivity contribution in [2.45, 2.75) is 31.7 Å². The number of fused-ring (bicyclic) bond motifs is 1. The maximum atomic E-state index is 13.0. The van der Waals surface area contributed by atoms with Crippen LogP contribution in [0.5, 0.6) is 0 Å². The molecule has 2 aliphatic carbocycles. The molecular weight excluding hydrogens is 384 g/mol. The average molecular weight is 415 g/mol. The Bertz CT molecular complexity index is 818. The molecule has 0 bridgehead atoms. The number of benzene rings is 1. The Morgan fingerprint density at radius 2 is 1.69 bits per heavy atom. The van der Waals surface area contributed by atoms with E-state index >= 15 is 0 Å². The summed E-state index contributed by atoms with van der Waals surface area (Å²) in [6.07, 6.45) is 9.08. The number of nitrogens with zero attached hydrogens (tertiary/aromatic N) is 4. The van der Waals surface area contributed by atoms with E-state index in [9.17, 15) is 4.79 Å². The van der Waals surface area contributed by atoms with Gasteiger partial charge >= 0.3 is 0 Å². The SMILES string of the molecule is Cl.Cn1ccnc1C(c1ccccc1)N1CCN(C(=O)C2C3CCCCC32)CC1. The first-order valence-electron chi connectivity index (χ1n) is 10.8. The van der Waals surface area contributed by atoms with E-state index in [0.717, 1.165) is 32.0 Å². The molecule has 1 aliphatic heterocycles. The van der Waals surface area contributed by atoms with Gasteiger partial charge < -0.3 is 9.47 Å². The van der Waals surface area contributed by atoms with Crippen molar-refractivity contribution >= 4 is 18.3 Å². The van der Waals surface area contributed by atoms with Gasteiger partial charge in [0.1, 0.15) is 5.82 Å². The largest absolute Gasteiger partial charge is 0.340 e. The number of amides is 1. The van der Waals surface area contributed by atoms with Gasteiger partial charge in [-0.15, -0.1) is 12.4 Å². The lowest BCUT2D eigenvalue weighted by Gasteiger charge is -2.39. The van der Waals surface area contributed by atoms with Gasteiger partial charge in [-0.2, -0.15) is 0 Å². The molecule has 29 heavy (non-hydrogen) atoms. The van der Waals surface area contributed by atoms with E-state index in [1.807, 2.05) is 12.4 Å². The Morgan fingerprint density at radius 1 is 1.03 bits per heavy atom. The fourth-order valence-corrected chi connectivity index (χ4v) is 5.57. The Labute approximate surface area is 179 Å². The quantitative estimate of drug-likeness (QED) is 0.768. The van der Waals surface area contributed by atoms with Crippen LogP contribution in [-0.2, 0) is 11.8 Å². The molecule has 156 valence electrons. The molecular formula is C23H31ClN4O. The van der Waals surface area contributed by atoms with Crippen molar-refractivity contribution in [2.75, 3.05) is 26.2 Å². The fraction of sp³-hybridized carbons (Fsp3) is 0.565. The Balaban J connectivity index is 0.00000205. The predicted octanol–water partition coefficient (Wildman–Crippen LogP) is 3.51. The van der Waals surface area contributed by atoms with Crippen LogP contribution in [0.4, 0.5) is 0 Å². The van der Waals surface area contributed by atoms with Gasteiger partial charge in [0, 0.05) is 51.5 Å². The van der Waals surface area contributed by atoms with E-state index in [-0.39, 0.29) is 18.4 Å². The minimum Gasteiger partial charge on any atom is -0.340 e. The highest BCUT2D eigenvalue weighted by Crippen LogP contribution is 2.56. The number of hydrogen-bond acceptors (Lipinski definition) is 3.